The number of aliphatic hydroxyl groups excluding tert-OH is 1. The van der Waals surface area contributed by atoms with Crippen molar-refractivity contribution < 1.29 is 5.11 Å². The van der Waals surface area contributed by atoms with Gasteiger partial charge in [0.15, 0.2) is 0 Å². The highest BCUT2D eigenvalue weighted by atomic mass is 16.2. The number of unbranched alkanes of at least 4 members (excludes halogenated alkanes) is 5. The first kappa shape index (κ1) is 15.8. The lowest BCUT2D eigenvalue weighted by molar-refractivity contribution is 0.282. The molecule has 0 radical (unpaired) electrons. The van der Waals surface area contributed by atoms with E-state index in [0.29, 0.717) is 6.61 Å². The SMILES string of the molecule is OCCCCCCCCc1ccccc1-c1ccccc1. The van der Waals surface area contributed by atoms with Crippen LogP contribution >= 0.6 is 0 Å². The third kappa shape index (κ3) is 5.35. The van der Waals surface area contributed by atoms with Gasteiger partial charge in [0.05, 0.1) is 0 Å². The van der Waals surface area contributed by atoms with Gasteiger partial charge in [-0.05, 0) is 36.0 Å². The van der Waals surface area contributed by atoms with E-state index >= 15 is 0 Å². The Kier molecular flexibility index (Phi) is 7.03. The maximum Gasteiger partial charge on any atom is 0.0431 e. The average Bonchev–Trinajstić information content (AvgIpc) is 2.55. The van der Waals surface area contributed by atoms with Crippen LogP contribution in [0.2, 0.25) is 0 Å². The minimum Gasteiger partial charge on any atom is -0.396 e. The van der Waals surface area contributed by atoms with Gasteiger partial charge >= 0.3 is 0 Å². The van der Waals surface area contributed by atoms with Crippen molar-refractivity contribution in [1.29, 1.82) is 0 Å². The molecule has 0 aromatic heterocycles. The lowest BCUT2D eigenvalue weighted by Crippen LogP contribution is -1.91. The molecule has 1 heteroatoms. The van der Waals surface area contributed by atoms with Gasteiger partial charge in [0, 0.05) is 6.61 Å². The quantitative estimate of drug-likeness (QED) is 0.624. The van der Waals surface area contributed by atoms with Crippen molar-refractivity contribution in [2.75, 3.05) is 6.61 Å². The second-order valence-electron chi connectivity index (χ2n) is 5.62. The summed E-state index contributed by atoms with van der Waals surface area (Å²) in [5, 5.41) is 8.76. The molecule has 2 rings (SSSR count). The van der Waals surface area contributed by atoms with E-state index in [2.05, 4.69) is 54.6 Å². The number of rotatable bonds is 9. The third-order valence-corrected chi connectivity index (χ3v) is 3.96. The number of aliphatic hydroxyl groups is 1. The van der Waals surface area contributed by atoms with Crippen LogP contribution in [0.15, 0.2) is 54.6 Å². The van der Waals surface area contributed by atoms with Crippen molar-refractivity contribution in [2.45, 2.75) is 44.9 Å². The van der Waals surface area contributed by atoms with Crippen molar-refractivity contribution in [3.63, 3.8) is 0 Å². The fourth-order valence-electron chi connectivity index (χ4n) is 2.77. The van der Waals surface area contributed by atoms with Crippen LogP contribution in [0.1, 0.15) is 44.1 Å². The van der Waals surface area contributed by atoms with Gasteiger partial charge in [-0.2, -0.15) is 0 Å². The molecule has 2 aromatic carbocycles. The monoisotopic (exact) mass is 282 g/mol. The topological polar surface area (TPSA) is 20.2 Å². The predicted molar refractivity (Wildman–Crippen MR) is 90.4 cm³/mol. The molecule has 0 saturated carbocycles. The maximum atomic E-state index is 8.76. The van der Waals surface area contributed by atoms with E-state index in [-0.39, 0.29) is 0 Å². The van der Waals surface area contributed by atoms with Crippen LogP contribution in [0.5, 0.6) is 0 Å². The van der Waals surface area contributed by atoms with E-state index in [9.17, 15) is 0 Å². The van der Waals surface area contributed by atoms with Gasteiger partial charge in [-0.1, -0.05) is 80.3 Å². The van der Waals surface area contributed by atoms with Gasteiger partial charge in [-0.25, -0.2) is 0 Å². The summed E-state index contributed by atoms with van der Waals surface area (Å²) in [5.41, 5.74) is 4.15. The van der Waals surface area contributed by atoms with Crippen LogP contribution < -0.4 is 0 Å². The molecule has 0 spiro atoms. The first-order valence-corrected chi connectivity index (χ1v) is 8.16. The number of hydrogen-bond acceptors (Lipinski definition) is 1. The molecule has 1 nitrogen and oxygen atoms in total. The van der Waals surface area contributed by atoms with Crippen molar-refractivity contribution in [3.05, 3.63) is 60.2 Å². The van der Waals surface area contributed by atoms with Gasteiger partial charge in [0.25, 0.3) is 0 Å². The molecule has 112 valence electrons. The highest BCUT2D eigenvalue weighted by Gasteiger charge is 2.03. The van der Waals surface area contributed by atoms with Crippen LogP contribution in [-0.4, -0.2) is 11.7 Å². The summed E-state index contributed by atoms with van der Waals surface area (Å²) in [6.45, 7) is 0.338. The zero-order valence-electron chi connectivity index (χ0n) is 12.8. The lowest BCUT2D eigenvalue weighted by atomic mass is 9.95. The smallest absolute Gasteiger partial charge is 0.0431 e. The molecule has 0 fully saturated rings. The van der Waals surface area contributed by atoms with E-state index in [1.54, 1.807) is 0 Å². The summed E-state index contributed by atoms with van der Waals surface area (Å²) in [6.07, 6.45) is 8.35. The molecule has 0 aliphatic carbocycles. The zero-order valence-corrected chi connectivity index (χ0v) is 12.8. The second-order valence-corrected chi connectivity index (χ2v) is 5.62. The van der Waals surface area contributed by atoms with E-state index in [1.807, 2.05) is 0 Å². The summed E-state index contributed by atoms with van der Waals surface area (Å²) >= 11 is 0. The Morgan fingerprint density at radius 1 is 0.619 bits per heavy atom. The van der Waals surface area contributed by atoms with Crippen LogP contribution in [0, 0.1) is 0 Å². The van der Waals surface area contributed by atoms with Gasteiger partial charge < -0.3 is 5.11 Å². The molecule has 0 heterocycles. The van der Waals surface area contributed by atoms with Gasteiger partial charge in [0.1, 0.15) is 0 Å². The summed E-state index contributed by atoms with van der Waals surface area (Å²) in [6, 6.07) is 19.4. The minimum absolute atomic E-state index is 0.338. The first-order valence-electron chi connectivity index (χ1n) is 8.16. The summed E-state index contributed by atoms with van der Waals surface area (Å²) in [5.74, 6) is 0. The average molecular weight is 282 g/mol. The highest BCUT2D eigenvalue weighted by Crippen LogP contribution is 2.24. The molecule has 2 aromatic rings. The van der Waals surface area contributed by atoms with Crippen molar-refractivity contribution in [3.8, 4) is 11.1 Å². The summed E-state index contributed by atoms with van der Waals surface area (Å²) in [7, 11) is 0. The Morgan fingerprint density at radius 3 is 2.00 bits per heavy atom. The molecule has 0 unspecified atom stereocenters. The number of benzene rings is 2. The Morgan fingerprint density at radius 2 is 1.24 bits per heavy atom. The molecule has 0 atom stereocenters. The van der Waals surface area contributed by atoms with Crippen LogP contribution in [0.4, 0.5) is 0 Å². The van der Waals surface area contributed by atoms with E-state index in [1.165, 1.54) is 42.4 Å². The standard InChI is InChI=1S/C20H26O/c21-17-11-4-2-1-3-6-12-19-15-9-10-16-20(19)18-13-7-5-8-14-18/h5,7-10,13-16,21H,1-4,6,11-12,17H2. The second kappa shape index (κ2) is 9.36. The van der Waals surface area contributed by atoms with Crippen molar-refractivity contribution in [2.24, 2.45) is 0 Å². The van der Waals surface area contributed by atoms with E-state index in [0.717, 1.165) is 19.3 Å². The largest absolute Gasteiger partial charge is 0.396 e. The molecule has 0 saturated heterocycles. The molecular formula is C20H26O. The zero-order chi connectivity index (χ0) is 14.8. The highest BCUT2D eigenvalue weighted by molar-refractivity contribution is 5.67. The molecule has 0 aliphatic heterocycles. The lowest BCUT2D eigenvalue weighted by Gasteiger charge is -2.09. The molecule has 0 aliphatic rings. The Labute approximate surface area is 128 Å². The van der Waals surface area contributed by atoms with Crippen LogP contribution in [0.3, 0.4) is 0 Å². The number of hydrogen-bond donors (Lipinski definition) is 1. The van der Waals surface area contributed by atoms with E-state index < -0.39 is 0 Å². The van der Waals surface area contributed by atoms with Gasteiger partial charge in [-0.15, -0.1) is 0 Å². The third-order valence-electron chi connectivity index (χ3n) is 3.96. The minimum atomic E-state index is 0.338. The van der Waals surface area contributed by atoms with Crippen molar-refractivity contribution >= 4 is 0 Å². The Hall–Kier alpha value is -1.60. The van der Waals surface area contributed by atoms with Crippen LogP contribution in [0.25, 0.3) is 11.1 Å². The van der Waals surface area contributed by atoms with Crippen molar-refractivity contribution in [1.82, 2.24) is 0 Å². The summed E-state index contributed by atoms with van der Waals surface area (Å²) in [4.78, 5) is 0. The Balaban J connectivity index is 1.84. The van der Waals surface area contributed by atoms with Gasteiger partial charge in [-0.3, -0.25) is 0 Å². The molecular weight excluding hydrogens is 256 g/mol. The molecule has 0 amide bonds. The Bertz CT molecular complexity index is 504. The molecule has 1 N–H and O–H groups in total. The summed E-state index contributed by atoms with van der Waals surface area (Å²) < 4.78 is 0. The first-order chi connectivity index (χ1) is 10.4. The predicted octanol–water partition coefficient (Wildman–Crippen LogP) is 5.23. The normalized spacial score (nSPS) is 10.7. The fraction of sp³-hybridized carbons (Fsp3) is 0.400. The molecule has 21 heavy (non-hydrogen) atoms. The molecule has 0 bridgehead atoms. The maximum absolute atomic E-state index is 8.76. The fourth-order valence-corrected chi connectivity index (χ4v) is 2.77. The van der Waals surface area contributed by atoms with Gasteiger partial charge in [0.2, 0.25) is 0 Å². The number of aryl methyl sites for hydroxylation is 1. The van der Waals surface area contributed by atoms with Crippen LogP contribution in [-0.2, 0) is 6.42 Å². The van der Waals surface area contributed by atoms with E-state index in [4.69, 9.17) is 5.11 Å².